The van der Waals surface area contributed by atoms with Crippen LogP contribution < -0.4 is 0 Å². The quantitative estimate of drug-likeness (QED) is 0.579. The van der Waals surface area contributed by atoms with Crippen molar-refractivity contribution >= 4 is 0 Å². The zero-order chi connectivity index (χ0) is 8.10. The number of hydrogen-bond acceptors (Lipinski definition) is 2. The number of rotatable bonds is 1. The first-order chi connectivity index (χ1) is 5.33. The summed E-state index contributed by atoms with van der Waals surface area (Å²) in [6.45, 7) is 0.118. The minimum Gasteiger partial charge on any atom is -0.395 e. The molecular weight excluding hydrogens is 140 g/mol. The molecule has 1 N–H and O–H groups in total. The maximum atomic E-state index is 8.43. The van der Waals surface area contributed by atoms with Crippen molar-refractivity contribution in [2.24, 2.45) is 7.05 Å². The molecule has 0 unspecified atom stereocenters. The summed E-state index contributed by atoms with van der Waals surface area (Å²) in [7, 11) is 1.84. The monoisotopic (exact) mass is 150 g/mol. The molecule has 0 aliphatic carbocycles. The summed E-state index contributed by atoms with van der Waals surface area (Å²) < 4.78 is 1.70. The number of aliphatic hydroxyl groups excluding tert-OH is 1. The van der Waals surface area contributed by atoms with Crippen LogP contribution in [-0.4, -0.2) is 21.5 Å². The standard InChI is InChI=1S/C8H10N2O/c1-10-7-8(6-9-10)4-2-3-5-11/h6-7,11H,3,5H2,1H3. The largest absolute Gasteiger partial charge is 0.395 e. The lowest BCUT2D eigenvalue weighted by Gasteiger charge is -1.79. The molecule has 1 aromatic heterocycles. The van der Waals surface area contributed by atoms with Crippen LogP contribution in [0.1, 0.15) is 12.0 Å². The van der Waals surface area contributed by atoms with Crippen molar-refractivity contribution in [3.05, 3.63) is 18.0 Å². The highest BCUT2D eigenvalue weighted by molar-refractivity contribution is 5.29. The summed E-state index contributed by atoms with van der Waals surface area (Å²) >= 11 is 0. The first-order valence-electron chi connectivity index (χ1n) is 3.41. The van der Waals surface area contributed by atoms with Gasteiger partial charge in [-0.3, -0.25) is 4.68 Å². The molecule has 0 atom stereocenters. The topological polar surface area (TPSA) is 38.0 Å². The summed E-state index contributed by atoms with van der Waals surface area (Å²) in [5.74, 6) is 5.68. The molecule has 3 nitrogen and oxygen atoms in total. The van der Waals surface area contributed by atoms with Gasteiger partial charge < -0.3 is 5.11 Å². The van der Waals surface area contributed by atoms with Gasteiger partial charge in [0.15, 0.2) is 0 Å². The van der Waals surface area contributed by atoms with Gasteiger partial charge in [0, 0.05) is 19.7 Å². The number of aryl methyl sites for hydroxylation is 1. The van der Waals surface area contributed by atoms with E-state index in [-0.39, 0.29) is 6.61 Å². The SMILES string of the molecule is Cn1cc(C#CCCO)cn1. The number of nitrogens with zero attached hydrogens (tertiary/aromatic N) is 2. The highest BCUT2D eigenvalue weighted by Crippen LogP contribution is 1.91. The van der Waals surface area contributed by atoms with Crippen LogP contribution in [0.4, 0.5) is 0 Å². The molecule has 0 aliphatic heterocycles. The first-order valence-corrected chi connectivity index (χ1v) is 3.41. The molecular formula is C8H10N2O. The van der Waals surface area contributed by atoms with Crippen LogP contribution in [0.3, 0.4) is 0 Å². The van der Waals surface area contributed by atoms with Crippen molar-refractivity contribution in [3.63, 3.8) is 0 Å². The highest BCUT2D eigenvalue weighted by Gasteiger charge is 1.87. The minimum absolute atomic E-state index is 0.118. The van der Waals surface area contributed by atoms with E-state index >= 15 is 0 Å². The van der Waals surface area contributed by atoms with E-state index in [0.717, 1.165) is 5.56 Å². The fraction of sp³-hybridized carbons (Fsp3) is 0.375. The molecule has 1 rings (SSSR count). The third-order valence-corrected chi connectivity index (χ3v) is 1.17. The Hall–Kier alpha value is -1.27. The zero-order valence-electron chi connectivity index (χ0n) is 6.41. The van der Waals surface area contributed by atoms with Gasteiger partial charge in [0.2, 0.25) is 0 Å². The van der Waals surface area contributed by atoms with Crippen LogP contribution in [0.25, 0.3) is 0 Å². The lowest BCUT2D eigenvalue weighted by Crippen LogP contribution is -1.84. The molecule has 0 radical (unpaired) electrons. The molecule has 0 saturated carbocycles. The van der Waals surface area contributed by atoms with Gasteiger partial charge in [0.25, 0.3) is 0 Å². The Bertz CT molecular complexity index is 280. The van der Waals surface area contributed by atoms with Crippen molar-refractivity contribution in [1.82, 2.24) is 9.78 Å². The molecule has 0 aromatic carbocycles. The van der Waals surface area contributed by atoms with Gasteiger partial charge in [0.05, 0.1) is 18.4 Å². The van der Waals surface area contributed by atoms with Crippen molar-refractivity contribution in [2.75, 3.05) is 6.61 Å². The Morgan fingerprint density at radius 2 is 2.55 bits per heavy atom. The van der Waals surface area contributed by atoms with E-state index in [4.69, 9.17) is 5.11 Å². The maximum Gasteiger partial charge on any atom is 0.0646 e. The zero-order valence-corrected chi connectivity index (χ0v) is 6.41. The lowest BCUT2D eigenvalue weighted by molar-refractivity contribution is 0.305. The predicted octanol–water partition coefficient (Wildman–Crippen LogP) is 0.154. The molecule has 1 heterocycles. The average molecular weight is 150 g/mol. The van der Waals surface area contributed by atoms with Crippen molar-refractivity contribution < 1.29 is 5.11 Å². The van der Waals surface area contributed by atoms with E-state index in [9.17, 15) is 0 Å². The van der Waals surface area contributed by atoms with E-state index < -0.39 is 0 Å². The van der Waals surface area contributed by atoms with Gasteiger partial charge in [0.1, 0.15) is 0 Å². The van der Waals surface area contributed by atoms with E-state index in [1.54, 1.807) is 10.9 Å². The highest BCUT2D eigenvalue weighted by atomic mass is 16.2. The van der Waals surface area contributed by atoms with Gasteiger partial charge in [-0.25, -0.2) is 0 Å². The molecule has 11 heavy (non-hydrogen) atoms. The molecule has 58 valence electrons. The van der Waals surface area contributed by atoms with E-state index in [2.05, 4.69) is 16.9 Å². The average Bonchev–Trinajstić information content (AvgIpc) is 2.37. The molecule has 0 fully saturated rings. The number of aromatic nitrogens is 2. The molecule has 3 heteroatoms. The van der Waals surface area contributed by atoms with Crippen molar-refractivity contribution in [2.45, 2.75) is 6.42 Å². The smallest absolute Gasteiger partial charge is 0.0646 e. The maximum absolute atomic E-state index is 8.43. The second-order valence-corrected chi connectivity index (χ2v) is 2.18. The molecule has 0 aliphatic rings. The van der Waals surface area contributed by atoms with Gasteiger partial charge in [-0.15, -0.1) is 0 Å². The van der Waals surface area contributed by atoms with E-state index in [1.165, 1.54) is 0 Å². The summed E-state index contributed by atoms with van der Waals surface area (Å²) in [6.07, 6.45) is 4.06. The van der Waals surface area contributed by atoms with Crippen LogP contribution >= 0.6 is 0 Å². The second-order valence-electron chi connectivity index (χ2n) is 2.18. The fourth-order valence-corrected chi connectivity index (χ4v) is 0.706. The number of aliphatic hydroxyl groups is 1. The first kappa shape index (κ1) is 7.83. The Kier molecular flexibility index (Phi) is 2.70. The van der Waals surface area contributed by atoms with Crippen molar-refractivity contribution in [3.8, 4) is 11.8 Å². The predicted molar refractivity (Wildman–Crippen MR) is 41.8 cm³/mol. The molecule has 1 aromatic rings. The van der Waals surface area contributed by atoms with Gasteiger partial charge in [-0.1, -0.05) is 11.8 Å². The Balaban J connectivity index is 2.59. The van der Waals surface area contributed by atoms with Crippen LogP contribution in [-0.2, 0) is 7.05 Å². The normalized spacial score (nSPS) is 8.91. The number of hydrogen-bond donors (Lipinski definition) is 1. The van der Waals surface area contributed by atoms with E-state index in [1.807, 2.05) is 13.2 Å². The summed E-state index contributed by atoms with van der Waals surface area (Å²) in [5, 5.41) is 12.4. The molecule has 0 spiro atoms. The third-order valence-electron chi connectivity index (χ3n) is 1.17. The molecule has 0 bridgehead atoms. The van der Waals surface area contributed by atoms with Crippen LogP contribution in [0.2, 0.25) is 0 Å². The third kappa shape index (κ3) is 2.44. The summed E-state index contributed by atoms with van der Waals surface area (Å²) in [4.78, 5) is 0. The Labute approximate surface area is 65.7 Å². The van der Waals surface area contributed by atoms with Gasteiger partial charge >= 0.3 is 0 Å². The second kappa shape index (κ2) is 3.79. The van der Waals surface area contributed by atoms with Crippen LogP contribution in [0.15, 0.2) is 12.4 Å². The van der Waals surface area contributed by atoms with Crippen LogP contribution in [0.5, 0.6) is 0 Å². The van der Waals surface area contributed by atoms with Gasteiger partial charge in [-0.05, 0) is 0 Å². The summed E-state index contributed by atoms with van der Waals surface area (Å²) in [5.41, 5.74) is 0.890. The Morgan fingerprint density at radius 1 is 1.73 bits per heavy atom. The fourth-order valence-electron chi connectivity index (χ4n) is 0.706. The molecule has 0 saturated heterocycles. The molecule has 0 amide bonds. The van der Waals surface area contributed by atoms with Gasteiger partial charge in [-0.2, -0.15) is 5.10 Å². The Morgan fingerprint density at radius 3 is 3.09 bits per heavy atom. The van der Waals surface area contributed by atoms with Crippen molar-refractivity contribution in [1.29, 1.82) is 0 Å². The van der Waals surface area contributed by atoms with Crippen LogP contribution in [0, 0.1) is 11.8 Å². The lowest BCUT2D eigenvalue weighted by atomic mass is 10.3. The summed E-state index contributed by atoms with van der Waals surface area (Å²) in [6, 6.07) is 0. The minimum atomic E-state index is 0.118. The van der Waals surface area contributed by atoms with E-state index in [0.29, 0.717) is 6.42 Å².